The summed E-state index contributed by atoms with van der Waals surface area (Å²) < 4.78 is 23.9. The average molecular weight is 458 g/mol. The Kier molecular flexibility index (Phi) is 8.14. The molecule has 0 heterocycles. The molecule has 0 aliphatic rings. The van der Waals surface area contributed by atoms with E-state index in [-0.39, 0.29) is 18.0 Å². The van der Waals surface area contributed by atoms with Gasteiger partial charge in [-0.25, -0.2) is 9.18 Å². The zero-order valence-corrected chi connectivity index (χ0v) is 18.8. The van der Waals surface area contributed by atoms with E-state index in [1.807, 2.05) is 18.2 Å². The number of ether oxygens (including phenoxy) is 2. The quantitative estimate of drug-likeness (QED) is 0.287. The van der Waals surface area contributed by atoms with Gasteiger partial charge in [0.05, 0.1) is 19.3 Å². The predicted molar refractivity (Wildman–Crippen MR) is 127 cm³/mol. The molecule has 0 saturated heterocycles. The molecule has 0 atom stereocenters. The summed E-state index contributed by atoms with van der Waals surface area (Å²) in [7, 11) is 1.52. The Balaban J connectivity index is 1.75. The van der Waals surface area contributed by atoms with E-state index in [0.29, 0.717) is 29.0 Å². The molecule has 0 aliphatic heterocycles. The highest BCUT2D eigenvalue weighted by atomic mass is 19.1. The van der Waals surface area contributed by atoms with Crippen LogP contribution < -0.4 is 10.1 Å². The highest BCUT2D eigenvalue weighted by molar-refractivity contribution is 6.09. The van der Waals surface area contributed by atoms with E-state index >= 15 is 0 Å². The molecule has 0 spiro atoms. The number of methoxy groups -OCH3 is 1. The Morgan fingerprint density at radius 1 is 1.09 bits per heavy atom. The fraction of sp³-hybridized carbons (Fsp3) is 0.148. The first-order chi connectivity index (χ1) is 16.4. The molecule has 34 heavy (non-hydrogen) atoms. The number of hydrogen-bond acceptors (Lipinski definition) is 5. The molecule has 3 aromatic rings. The molecular formula is C27H23FN2O4. The predicted octanol–water partition coefficient (Wildman–Crippen LogP) is 5.15. The van der Waals surface area contributed by atoms with Gasteiger partial charge in [-0.05, 0) is 72.2 Å². The highest BCUT2D eigenvalue weighted by Crippen LogP contribution is 2.25. The van der Waals surface area contributed by atoms with Crippen molar-refractivity contribution in [2.24, 2.45) is 0 Å². The zero-order valence-electron chi connectivity index (χ0n) is 18.8. The maximum atomic E-state index is 13.5. The van der Waals surface area contributed by atoms with E-state index in [4.69, 9.17) is 9.47 Å². The minimum absolute atomic E-state index is 0.102. The lowest BCUT2D eigenvalue weighted by Crippen LogP contribution is -2.13. The third kappa shape index (κ3) is 6.30. The molecule has 0 saturated carbocycles. The number of amides is 1. The molecule has 1 N–H and O–H groups in total. The number of anilines is 1. The second-order valence-electron chi connectivity index (χ2n) is 7.30. The first-order valence-electron chi connectivity index (χ1n) is 10.5. The summed E-state index contributed by atoms with van der Waals surface area (Å²) in [6.45, 7) is 1.99. The van der Waals surface area contributed by atoms with Crippen LogP contribution in [0.15, 0.2) is 72.3 Å². The van der Waals surface area contributed by atoms with Crippen molar-refractivity contribution in [1.29, 1.82) is 5.26 Å². The molecule has 0 aromatic heterocycles. The number of rotatable bonds is 8. The number of halogens is 1. The maximum Gasteiger partial charge on any atom is 0.338 e. The number of carbonyl (C=O) groups is 2. The second-order valence-corrected chi connectivity index (χ2v) is 7.30. The van der Waals surface area contributed by atoms with Crippen LogP contribution in [-0.4, -0.2) is 25.6 Å². The Morgan fingerprint density at radius 2 is 1.85 bits per heavy atom. The fourth-order valence-corrected chi connectivity index (χ4v) is 3.28. The van der Waals surface area contributed by atoms with Crippen molar-refractivity contribution in [3.05, 3.63) is 100 Å². The van der Waals surface area contributed by atoms with E-state index < -0.39 is 11.9 Å². The smallest absolute Gasteiger partial charge is 0.338 e. The van der Waals surface area contributed by atoms with Crippen LogP contribution in [0, 0.1) is 17.1 Å². The Hall–Kier alpha value is -4.44. The minimum Gasteiger partial charge on any atom is -0.496 e. The van der Waals surface area contributed by atoms with E-state index in [9.17, 15) is 19.2 Å². The number of carbonyl (C=O) groups excluding carboxylic acids is 2. The van der Waals surface area contributed by atoms with Gasteiger partial charge in [-0.1, -0.05) is 24.3 Å². The summed E-state index contributed by atoms with van der Waals surface area (Å²) >= 11 is 0. The fourth-order valence-electron chi connectivity index (χ4n) is 3.28. The molecule has 1 amide bonds. The van der Waals surface area contributed by atoms with Crippen LogP contribution in [0.2, 0.25) is 0 Å². The molecule has 6 nitrogen and oxygen atoms in total. The first-order valence-corrected chi connectivity index (χ1v) is 10.5. The van der Waals surface area contributed by atoms with Crippen molar-refractivity contribution in [3.63, 3.8) is 0 Å². The van der Waals surface area contributed by atoms with Crippen LogP contribution in [0.4, 0.5) is 10.1 Å². The summed E-state index contributed by atoms with van der Waals surface area (Å²) in [6.07, 6.45) is 1.93. The van der Waals surface area contributed by atoms with Crippen molar-refractivity contribution in [3.8, 4) is 11.8 Å². The first kappa shape index (κ1) is 24.2. The lowest BCUT2D eigenvalue weighted by molar-refractivity contribution is -0.112. The number of benzene rings is 3. The molecule has 3 rings (SSSR count). The third-order valence-corrected chi connectivity index (χ3v) is 4.92. The summed E-state index contributed by atoms with van der Waals surface area (Å²) in [4.78, 5) is 24.3. The van der Waals surface area contributed by atoms with Crippen molar-refractivity contribution in [1.82, 2.24) is 0 Å². The maximum absolute atomic E-state index is 13.5. The second kappa shape index (κ2) is 11.4. The number of nitrogens with one attached hydrogen (secondary N) is 1. The molecule has 7 heteroatoms. The van der Waals surface area contributed by atoms with E-state index in [0.717, 1.165) is 11.1 Å². The molecular weight excluding hydrogens is 435 g/mol. The van der Waals surface area contributed by atoms with E-state index in [2.05, 4.69) is 5.32 Å². The zero-order chi connectivity index (χ0) is 24.5. The van der Waals surface area contributed by atoms with Crippen molar-refractivity contribution < 1.29 is 23.5 Å². The molecule has 0 fully saturated rings. The van der Waals surface area contributed by atoms with Crippen LogP contribution in [0.5, 0.6) is 5.75 Å². The van der Waals surface area contributed by atoms with Crippen molar-refractivity contribution >= 4 is 23.6 Å². The van der Waals surface area contributed by atoms with Crippen LogP contribution in [0.25, 0.3) is 6.08 Å². The number of nitriles is 1. The summed E-state index contributed by atoms with van der Waals surface area (Å²) in [5.41, 5.74) is 2.93. The molecule has 0 bridgehead atoms. The normalized spacial score (nSPS) is 10.8. The molecule has 0 aliphatic carbocycles. The average Bonchev–Trinajstić information content (AvgIpc) is 2.83. The van der Waals surface area contributed by atoms with Gasteiger partial charge in [-0.3, -0.25) is 4.79 Å². The molecule has 0 unspecified atom stereocenters. The van der Waals surface area contributed by atoms with Gasteiger partial charge < -0.3 is 14.8 Å². The van der Waals surface area contributed by atoms with Crippen LogP contribution >= 0.6 is 0 Å². The van der Waals surface area contributed by atoms with Crippen LogP contribution in [0.1, 0.15) is 34.0 Å². The third-order valence-electron chi connectivity index (χ3n) is 4.92. The SMILES string of the molecule is CCOC(=O)c1ccc(NC(=O)/C(C#N)=C/c2ccc(Cc3cccc(F)c3)c(OC)c2)cc1. The van der Waals surface area contributed by atoms with Gasteiger partial charge in [0, 0.05) is 12.1 Å². The van der Waals surface area contributed by atoms with E-state index in [1.165, 1.54) is 37.5 Å². The summed E-state index contributed by atoms with van der Waals surface area (Å²) in [6, 6.07) is 19.7. The molecule has 0 radical (unpaired) electrons. The van der Waals surface area contributed by atoms with E-state index in [1.54, 1.807) is 37.3 Å². The van der Waals surface area contributed by atoms with Gasteiger partial charge in [-0.15, -0.1) is 0 Å². The molecule has 3 aromatic carbocycles. The van der Waals surface area contributed by atoms with Gasteiger partial charge in [0.1, 0.15) is 23.2 Å². The summed E-state index contributed by atoms with van der Waals surface area (Å²) in [5.74, 6) is -0.788. The van der Waals surface area contributed by atoms with Gasteiger partial charge in [0.25, 0.3) is 5.91 Å². The van der Waals surface area contributed by atoms with Gasteiger partial charge in [0.2, 0.25) is 0 Å². The monoisotopic (exact) mass is 458 g/mol. The standard InChI is InChI=1S/C27H23FN2O4/c1-3-34-27(32)20-9-11-24(12-10-20)30-26(31)22(17-29)14-19-7-8-21(25(16-19)33-2)13-18-5-4-6-23(28)15-18/h4-12,14-16H,3,13H2,1-2H3,(H,30,31)/b22-14+. The highest BCUT2D eigenvalue weighted by Gasteiger charge is 2.12. The van der Waals surface area contributed by atoms with Crippen molar-refractivity contribution in [2.75, 3.05) is 19.0 Å². The Labute approximate surface area is 197 Å². The topological polar surface area (TPSA) is 88.4 Å². The number of nitrogens with zero attached hydrogens (tertiary/aromatic N) is 1. The van der Waals surface area contributed by atoms with Gasteiger partial charge >= 0.3 is 5.97 Å². The van der Waals surface area contributed by atoms with Crippen molar-refractivity contribution in [2.45, 2.75) is 13.3 Å². The van der Waals surface area contributed by atoms with Gasteiger partial charge in [-0.2, -0.15) is 5.26 Å². The largest absolute Gasteiger partial charge is 0.496 e. The Morgan fingerprint density at radius 3 is 2.50 bits per heavy atom. The van der Waals surface area contributed by atoms with Gasteiger partial charge in [0.15, 0.2) is 0 Å². The summed E-state index contributed by atoms with van der Waals surface area (Å²) in [5, 5.41) is 12.1. The van der Waals surface area contributed by atoms with Crippen LogP contribution in [0.3, 0.4) is 0 Å². The minimum atomic E-state index is -0.589. The molecule has 172 valence electrons. The number of hydrogen-bond donors (Lipinski definition) is 1. The lowest BCUT2D eigenvalue weighted by atomic mass is 10.0. The number of esters is 1. The lowest BCUT2D eigenvalue weighted by Gasteiger charge is -2.10. The van der Waals surface area contributed by atoms with Crippen LogP contribution in [-0.2, 0) is 16.0 Å². The Bertz CT molecular complexity index is 1260.